The second-order valence-corrected chi connectivity index (χ2v) is 9.51. The van der Waals surface area contributed by atoms with Gasteiger partial charge in [-0.05, 0) is 48.5 Å². The van der Waals surface area contributed by atoms with E-state index >= 15 is 0 Å². The summed E-state index contributed by atoms with van der Waals surface area (Å²) in [5.41, 5.74) is 1.51. The van der Waals surface area contributed by atoms with Crippen LogP contribution in [0, 0.1) is 10.1 Å². The van der Waals surface area contributed by atoms with Crippen LogP contribution in [-0.2, 0) is 10.0 Å². The number of hydrogen-bond donors (Lipinski definition) is 3. The van der Waals surface area contributed by atoms with Crippen molar-refractivity contribution in [2.24, 2.45) is 5.10 Å². The fraction of sp³-hybridized carbons (Fsp3) is 0. The zero-order valence-corrected chi connectivity index (χ0v) is 19.8. The van der Waals surface area contributed by atoms with E-state index in [4.69, 9.17) is 34.8 Å². The van der Waals surface area contributed by atoms with E-state index in [1.807, 2.05) is 0 Å². The Morgan fingerprint density at radius 3 is 2.35 bits per heavy atom. The van der Waals surface area contributed by atoms with Crippen molar-refractivity contribution in [3.05, 3.63) is 90.9 Å². The highest BCUT2D eigenvalue weighted by molar-refractivity contribution is 7.92. The lowest BCUT2D eigenvalue weighted by Crippen LogP contribution is -2.19. The van der Waals surface area contributed by atoms with E-state index in [2.05, 4.69) is 15.2 Å². The van der Waals surface area contributed by atoms with Crippen LogP contribution in [0.4, 0.5) is 11.4 Å². The van der Waals surface area contributed by atoms with E-state index in [1.165, 1.54) is 42.5 Å². The lowest BCUT2D eigenvalue weighted by atomic mass is 10.2. The van der Waals surface area contributed by atoms with E-state index in [9.17, 15) is 28.4 Å². The van der Waals surface area contributed by atoms with Crippen LogP contribution in [-0.4, -0.2) is 30.6 Å². The Balaban J connectivity index is 1.81. The van der Waals surface area contributed by atoms with Crippen molar-refractivity contribution in [3.63, 3.8) is 0 Å². The van der Waals surface area contributed by atoms with Gasteiger partial charge in [-0.2, -0.15) is 5.10 Å². The first-order chi connectivity index (χ1) is 16.0. The lowest BCUT2D eigenvalue weighted by Gasteiger charge is -2.11. The van der Waals surface area contributed by atoms with Gasteiger partial charge in [-0.1, -0.05) is 34.8 Å². The van der Waals surface area contributed by atoms with Gasteiger partial charge < -0.3 is 5.11 Å². The average molecular weight is 544 g/mol. The summed E-state index contributed by atoms with van der Waals surface area (Å²) in [6.45, 7) is 0. The van der Waals surface area contributed by atoms with Crippen molar-refractivity contribution in [2.75, 3.05) is 4.72 Å². The number of nitro groups is 1. The molecule has 0 fully saturated rings. The van der Waals surface area contributed by atoms with Crippen molar-refractivity contribution >= 4 is 68.3 Å². The number of sulfonamides is 1. The monoisotopic (exact) mass is 542 g/mol. The number of benzene rings is 3. The summed E-state index contributed by atoms with van der Waals surface area (Å²) in [5.74, 6) is -1.51. The topological polar surface area (TPSA) is 151 Å². The maximum atomic E-state index is 12.8. The Labute approximate surface area is 208 Å². The number of rotatable bonds is 7. The summed E-state index contributed by atoms with van der Waals surface area (Å²) in [6, 6.07) is 11.6. The van der Waals surface area contributed by atoms with E-state index < -0.39 is 32.3 Å². The number of nitrogens with one attached hydrogen (secondary N) is 2. The molecule has 0 heterocycles. The Morgan fingerprint density at radius 2 is 1.71 bits per heavy atom. The van der Waals surface area contributed by atoms with Crippen LogP contribution < -0.4 is 10.1 Å². The van der Waals surface area contributed by atoms with Gasteiger partial charge in [0.25, 0.3) is 15.9 Å². The molecule has 0 radical (unpaired) electrons. The van der Waals surface area contributed by atoms with Crippen LogP contribution in [0.2, 0.25) is 15.1 Å². The second-order valence-electron chi connectivity index (χ2n) is 6.58. The molecule has 0 aromatic heterocycles. The number of nitro benzene ring substituents is 1. The molecule has 0 saturated carbocycles. The molecule has 0 saturated heterocycles. The molecule has 1 amide bonds. The number of aromatic hydroxyl groups is 1. The van der Waals surface area contributed by atoms with Gasteiger partial charge in [0.05, 0.1) is 16.2 Å². The first-order valence-corrected chi connectivity index (χ1v) is 11.7. The largest absolute Gasteiger partial charge is 0.502 e. The molecule has 3 N–H and O–H groups in total. The van der Waals surface area contributed by atoms with Gasteiger partial charge in [0, 0.05) is 32.9 Å². The van der Waals surface area contributed by atoms with Crippen molar-refractivity contribution in [2.45, 2.75) is 4.90 Å². The predicted molar refractivity (Wildman–Crippen MR) is 129 cm³/mol. The number of amides is 1. The fourth-order valence-electron chi connectivity index (χ4n) is 2.65. The number of carbonyl (C=O) groups is 1. The van der Waals surface area contributed by atoms with Gasteiger partial charge in [0.15, 0.2) is 0 Å². The molecule has 3 aromatic rings. The zero-order valence-electron chi connectivity index (χ0n) is 16.7. The third kappa shape index (κ3) is 5.94. The number of halogens is 3. The molecule has 0 spiro atoms. The minimum Gasteiger partial charge on any atom is -0.502 e. The van der Waals surface area contributed by atoms with Crippen molar-refractivity contribution < 1.29 is 23.2 Å². The van der Waals surface area contributed by atoms with Crippen LogP contribution in [0.3, 0.4) is 0 Å². The standard InChI is InChI=1S/C20H13Cl3N4O6S/c21-13-2-4-15(5-3-13)26-34(32,33)18-8-11(1-6-16(18)23)20(29)25-24-10-12-7-14(22)9-17(19(12)28)27(30)31/h1-10,26,28H,(H,25,29)/b24-10+. The molecule has 0 aliphatic rings. The Morgan fingerprint density at radius 1 is 1.03 bits per heavy atom. The molecule has 34 heavy (non-hydrogen) atoms. The van der Waals surface area contributed by atoms with E-state index in [0.29, 0.717) is 5.02 Å². The average Bonchev–Trinajstić information content (AvgIpc) is 2.77. The lowest BCUT2D eigenvalue weighted by molar-refractivity contribution is -0.385. The highest BCUT2D eigenvalue weighted by atomic mass is 35.5. The van der Waals surface area contributed by atoms with Crippen LogP contribution in [0.1, 0.15) is 15.9 Å². The molecule has 14 heteroatoms. The fourth-order valence-corrected chi connectivity index (χ4v) is 4.58. The Kier molecular flexibility index (Phi) is 7.62. The van der Waals surface area contributed by atoms with Crippen molar-refractivity contribution in [1.29, 1.82) is 0 Å². The normalized spacial score (nSPS) is 11.4. The molecule has 10 nitrogen and oxygen atoms in total. The smallest absolute Gasteiger partial charge is 0.312 e. The number of anilines is 1. The van der Waals surface area contributed by atoms with E-state index in [1.54, 1.807) is 0 Å². The molecule has 0 bridgehead atoms. The number of nitrogens with zero attached hydrogens (tertiary/aromatic N) is 2. The molecule has 176 valence electrons. The summed E-state index contributed by atoms with van der Waals surface area (Å²) in [6.07, 6.45) is 0.946. The molecule has 0 atom stereocenters. The minimum absolute atomic E-state index is 0.0296. The highest BCUT2D eigenvalue weighted by Gasteiger charge is 2.21. The molecular formula is C20H13Cl3N4O6S. The SMILES string of the molecule is O=C(N/N=C/c1cc(Cl)cc([N+](=O)[O-])c1O)c1ccc(Cl)c(S(=O)(=O)Nc2ccc(Cl)cc2)c1. The first-order valence-electron chi connectivity index (χ1n) is 9.06. The number of hydrazone groups is 1. The summed E-state index contributed by atoms with van der Waals surface area (Å²) >= 11 is 17.6. The van der Waals surface area contributed by atoms with Gasteiger partial charge in [-0.3, -0.25) is 19.6 Å². The third-order valence-electron chi connectivity index (χ3n) is 4.23. The second kappa shape index (κ2) is 10.3. The summed E-state index contributed by atoms with van der Waals surface area (Å²) in [4.78, 5) is 22.2. The molecule has 0 aliphatic heterocycles. The quantitative estimate of drug-likeness (QED) is 0.221. The van der Waals surface area contributed by atoms with Gasteiger partial charge in [0.1, 0.15) is 4.90 Å². The number of carbonyl (C=O) groups excluding carboxylic acids is 1. The molecule has 3 aromatic carbocycles. The van der Waals surface area contributed by atoms with Crippen LogP contribution >= 0.6 is 34.8 Å². The van der Waals surface area contributed by atoms with Crippen LogP contribution in [0.5, 0.6) is 5.75 Å². The predicted octanol–water partition coefficient (Wildman–Crippen LogP) is 4.83. The highest BCUT2D eigenvalue weighted by Crippen LogP contribution is 2.32. The van der Waals surface area contributed by atoms with Gasteiger partial charge in [-0.15, -0.1) is 0 Å². The first kappa shape index (κ1) is 25.2. The summed E-state index contributed by atoms with van der Waals surface area (Å²) < 4.78 is 27.8. The molecule has 3 rings (SSSR count). The van der Waals surface area contributed by atoms with Crippen LogP contribution in [0.25, 0.3) is 0 Å². The zero-order chi connectivity index (χ0) is 25.0. The summed E-state index contributed by atoms with van der Waals surface area (Å²) in [7, 11) is -4.15. The van der Waals surface area contributed by atoms with Gasteiger partial charge in [0.2, 0.25) is 5.75 Å². The molecule has 0 unspecified atom stereocenters. The number of phenols is 1. The minimum atomic E-state index is -4.15. The Bertz CT molecular complexity index is 1410. The maximum absolute atomic E-state index is 12.8. The van der Waals surface area contributed by atoms with E-state index in [-0.39, 0.29) is 31.8 Å². The van der Waals surface area contributed by atoms with Crippen LogP contribution in [0.15, 0.2) is 64.6 Å². The molecular weight excluding hydrogens is 531 g/mol. The third-order valence-corrected chi connectivity index (χ3v) is 6.56. The maximum Gasteiger partial charge on any atom is 0.312 e. The van der Waals surface area contributed by atoms with E-state index in [0.717, 1.165) is 18.3 Å². The number of hydrogen-bond acceptors (Lipinski definition) is 7. The van der Waals surface area contributed by atoms with Crippen molar-refractivity contribution in [1.82, 2.24) is 5.43 Å². The summed E-state index contributed by atoms with van der Waals surface area (Å²) in [5, 5.41) is 24.8. The van der Waals surface area contributed by atoms with Crippen molar-refractivity contribution in [3.8, 4) is 5.75 Å². The van der Waals surface area contributed by atoms with Gasteiger partial charge >= 0.3 is 5.69 Å². The van der Waals surface area contributed by atoms with Gasteiger partial charge in [-0.25, -0.2) is 13.8 Å². The number of phenolic OH excluding ortho intramolecular Hbond substituents is 1. The Hall–Kier alpha value is -3.38. The molecule has 0 aliphatic carbocycles.